The van der Waals surface area contributed by atoms with Crippen LogP contribution in [0.4, 0.5) is 11.4 Å². The Kier molecular flexibility index (Phi) is 7.54. The van der Waals surface area contributed by atoms with Gasteiger partial charge in [-0.05, 0) is 37.5 Å². The highest BCUT2D eigenvalue weighted by atomic mass is 32.2. The van der Waals surface area contributed by atoms with Crippen molar-refractivity contribution in [2.75, 3.05) is 35.6 Å². The van der Waals surface area contributed by atoms with Crippen LogP contribution in [0.2, 0.25) is 0 Å². The molecule has 0 atom stereocenters. The molecular formula is C17H28N2O4S. The average molecular weight is 356 g/mol. The summed E-state index contributed by atoms with van der Waals surface area (Å²) in [6, 6.07) is 4.99. The maximum atomic E-state index is 11.9. The molecule has 1 aromatic carbocycles. The Morgan fingerprint density at radius 3 is 2.46 bits per heavy atom. The van der Waals surface area contributed by atoms with Gasteiger partial charge in [0, 0.05) is 13.1 Å². The number of carbonyl (C=O) groups is 1. The maximum absolute atomic E-state index is 11.9. The van der Waals surface area contributed by atoms with Crippen molar-refractivity contribution in [3.05, 3.63) is 23.8 Å². The molecule has 1 aromatic rings. The molecule has 24 heavy (non-hydrogen) atoms. The number of carbonyl (C=O) groups excluding carboxylic acids is 1. The highest BCUT2D eigenvalue weighted by Crippen LogP contribution is 2.29. The smallest absolute Gasteiger partial charge is 0.338 e. The summed E-state index contributed by atoms with van der Waals surface area (Å²) in [5.41, 5.74) is 1.49. The Hall–Kier alpha value is -1.76. The molecule has 0 unspecified atom stereocenters. The molecule has 0 aromatic heterocycles. The lowest BCUT2D eigenvalue weighted by Crippen LogP contribution is -2.29. The molecule has 136 valence electrons. The van der Waals surface area contributed by atoms with E-state index in [4.69, 9.17) is 4.74 Å². The van der Waals surface area contributed by atoms with Crippen molar-refractivity contribution in [3.8, 4) is 0 Å². The first kappa shape index (κ1) is 20.3. The van der Waals surface area contributed by atoms with E-state index in [1.165, 1.54) is 6.07 Å². The number of hydrogen-bond acceptors (Lipinski definition) is 5. The van der Waals surface area contributed by atoms with Crippen LogP contribution in [0, 0.1) is 5.92 Å². The SMILES string of the molecule is CCCN(CC(C)C)c1ccc(C(=O)OCC)cc1NS(C)(=O)=O. The van der Waals surface area contributed by atoms with Crippen LogP contribution in [-0.2, 0) is 14.8 Å². The Morgan fingerprint density at radius 1 is 1.29 bits per heavy atom. The minimum absolute atomic E-state index is 0.269. The fourth-order valence-corrected chi connectivity index (χ4v) is 3.02. The molecule has 6 nitrogen and oxygen atoms in total. The lowest BCUT2D eigenvalue weighted by Gasteiger charge is -2.28. The summed E-state index contributed by atoms with van der Waals surface area (Å²) in [5.74, 6) is -0.0427. The Morgan fingerprint density at radius 2 is 1.96 bits per heavy atom. The topological polar surface area (TPSA) is 75.7 Å². The van der Waals surface area contributed by atoms with Crippen LogP contribution in [0.5, 0.6) is 0 Å². The number of rotatable bonds is 9. The van der Waals surface area contributed by atoms with Gasteiger partial charge in [-0.3, -0.25) is 4.72 Å². The predicted molar refractivity (Wildman–Crippen MR) is 98.2 cm³/mol. The van der Waals surface area contributed by atoms with Gasteiger partial charge in [0.05, 0.1) is 29.8 Å². The van der Waals surface area contributed by atoms with Gasteiger partial charge in [-0.25, -0.2) is 13.2 Å². The number of sulfonamides is 1. The van der Waals surface area contributed by atoms with Gasteiger partial charge in [0.25, 0.3) is 0 Å². The number of benzene rings is 1. The second-order valence-electron chi connectivity index (χ2n) is 6.17. The van der Waals surface area contributed by atoms with Crippen LogP contribution in [0.1, 0.15) is 44.5 Å². The van der Waals surface area contributed by atoms with Gasteiger partial charge in [-0.2, -0.15) is 0 Å². The van der Waals surface area contributed by atoms with Crippen LogP contribution in [0.25, 0.3) is 0 Å². The van der Waals surface area contributed by atoms with Crippen LogP contribution in [0.3, 0.4) is 0 Å². The van der Waals surface area contributed by atoms with E-state index >= 15 is 0 Å². The molecule has 0 bridgehead atoms. The van der Waals surface area contributed by atoms with E-state index in [2.05, 4.69) is 30.4 Å². The van der Waals surface area contributed by atoms with E-state index in [1.807, 2.05) is 0 Å². The molecule has 7 heteroatoms. The van der Waals surface area contributed by atoms with Crippen molar-refractivity contribution < 1.29 is 17.9 Å². The molecule has 0 radical (unpaired) electrons. The highest BCUT2D eigenvalue weighted by Gasteiger charge is 2.17. The van der Waals surface area contributed by atoms with E-state index in [9.17, 15) is 13.2 Å². The van der Waals surface area contributed by atoms with Crippen molar-refractivity contribution in [3.63, 3.8) is 0 Å². The third kappa shape index (κ3) is 6.39. The van der Waals surface area contributed by atoms with Crippen molar-refractivity contribution in [2.45, 2.75) is 34.1 Å². The predicted octanol–water partition coefficient (Wildman–Crippen LogP) is 3.11. The Balaban J connectivity index is 3.32. The number of anilines is 2. The van der Waals surface area contributed by atoms with Gasteiger partial charge >= 0.3 is 5.97 Å². The molecule has 0 saturated carbocycles. The molecule has 0 spiro atoms. The normalized spacial score (nSPS) is 11.4. The van der Waals surface area contributed by atoms with Crippen LogP contribution < -0.4 is 9.62 Å². The molecule has 0 fully saturated rings. The first-order chi connectivity index (χ1) is 11.2. The van der Waals surface area contributed by atoms with E-state index < -0.39 is 16.0 Å². The van der Waals surface area contributed by atoms with Crippen molar-refractivity contribution >= 4 is 27.4 Å². The van der Waals surface area contributed by atoms with Crippen molar-refractivity contribution in [1.82, 2.24) is 0 Å². The molecule has 0 aliphatic rings. The summed E-state index contributed by atoms with van der Waals surface area (Å²) in [7, 11) is -3.46. The van der Waals surface area contributed by atoms with Crippen LogP contribution >= 0.6 is 0 Å². The monoisotopic (exact) mass is 356 g/mol. The number of ether oxygens (including phenoxy) is 1. The maximum Gasteiger partial charge on any atom is 0.338 e. The standard InChI is InChI=1S/C17H28N2O4S/c1-6-10-19(12-13(3)4)16-9-8-14(17(20)23-7-2)11-15(16)18-24(5,21)22/h8-9,11,13,18H,6-7,10,12H2,1-5H3. The molecule has 0 aliphatic heterocycles. The van der Waals surface area contributed by atoms with Gasteiger partial charge in [0.15, 0.2) is 0 Å². The zero-order valence-electron chi connectivity index (χ0n) is 15.1. The quantitative estimate of drug-likeness (QED) is 0.688. The van der Waals surface area contributed by atoms with Gasteiger partial charge in [-0.15, -0.1) is 0 Å². The van der Waals surface area contributed by atoms with Crippen molar-refractivity contribution in [1.29, 1.82) is 0 Å². The molecule has 0 saturated heterocycles. The summed E-state index contributed by atoms with van der Waals surface area (Å²) in [4.78, 5) is 14.1. The first-order valence-corrected chi connectivity index (χ1v) is 10.1. The molecule has 1 rings (SSSR count). The number of nitrogens with one attached hydrogen (secondary N) is 1. The number of hydrogen-bond donors (Lipinski definition) is 1. The van der Waals surface area contributed by atoms with Gasteiger partial charge in [0.1, 0.15) is 0 Å². The third-order valence-corrected chi connectivity index (χ3v) is 3.81. The van der Waals surface area contributed by atoms with Crippen molar-refractivity contribution in [2.24, 2.45) is 5.92 Å². The zero-order valence-corrected chi connectivity index (χ0v) is 15.9. The molecular weight excluding hydrogens is 328 g/mol. The minimum atomic E-state index is -3.46. The molecule has 0 amide bonds. The third-order valence-electron chi connectivity index (χ3n) is 3.22. The average Bonchev–Trinajstić information content (AvgIpc) is 2.45. The summed E-state index contributed by atoms with van der Waals surface area (Å²) in [6.07, 6.45) is 2.03. The fraction of sp³-hybridized carbons (Fsp3) is 0.588. The molecule has 0 aliphatic carbocycles. The van der Waals surface area contributed by atoms with Gasteiger partial charge in [0.2, 0.25) is 10.0 Å². The molecule has 0 heterocycles. The lowest BCUT2D eigenvalue weighted by molar-refractivity contribution is 0.0526. The summed E-state index contributed by atoms with van der Waals surface area (Å²) < 4.78 is 31.0. The largest absolute Gasteiger partial charge is 0.462 e. The fourth-order valence-electron chi connectivity index (χ4n) is 2.46. The van der Waals surface area contributed by atoms with Gasteiger partial charge in [-0.1, -0.05) is 20.8 Å². The summed E-state index contributed by atoms with van der Waals surface area (Å²) in [6.45, 7) is 9.89. The van der Waals surface area contributed by atoms with E-state index in [1.54, 1.807) is 19.1 Å². The van der Waals surface area contributed by atoms with Crippen LogP contribution in [-0.4, -0.2) is 40.3 Å². The minimum Gasteiger partial charge on any atom is -0.462 e. The molecule has 1 N–H and O–H groups in total. The second kappa shape index (κ2) is 8.92. The Labute approximate surface area is 145 Å². The number of nitrogens with zero attached hydrogens (tertiary/aromatic N) is 1. The highest BCUT2D eigenvalue weighted by molar-refractivity contribution is 7.92. The van der Waals surface area contributed by atoms with E-state index in [0.717, 1.165) is 31.5 Å². The first-order valence-electron chi connectivity index (χ1n) is 8.21. The van der Waals surface area contributed by atoms with Gasteiger partial charge < -0.3 is 9.64 Å². The zero-order chi connectivity index (χ0) is 18.3. The van der Waals surface area contributed by atoms with E-state index in [-0.39, 0.29) is 6.61 Å². The number of esters is 1. The summed E-state index contributed by atoms with van der Waals surface area (Å²) in [5, 5.41) is 0. The Bertz CT molecular complexity index is 657. The lowest BCUT2D eigenvalue weighted by atomic mass is 10.1. The summed E-state index contributed by atoms with van der Waals surface area (Å²) >= 11 is 0. The van der Waals surface area contributed by atoms with Crippen LogP contribution in [0.15, 0.2) is 18.2 Å². The second-order valence-corrected chi connectivity index (χ2v) is 7.91. The van der Waals surface area contributed by atoms with E-state index in [0.29, 0.717) is 17.2 Å².